The van der Waals surface area contributed by atoms with Crippen molar-refractivity contribution in [2.24, 2.45) is 0 Å². The zero-order chi connectivity index (χ0) is 14.3. The Kier molecular flexibility index (Phi) is 9.20. The smallest absolute Gasteiger partial charge is 0.321 e. The highest BCUT2D eigenvalue weighted by Gasteiger charge is 2.27. The van der Waals surface area contributed by atoms with E-state index >= 15 is 0 Å². The summed E-state index contributed by atoms with van der Waals surface area (Å²) in [5.74, 6) is -0.265. The van der Waals surface area contributed by atoms with Crippen LogP contribution in [0.5, 0.6) is 0 Å². The number of likely N-dealkylation sites (tertiary alicyclic amines) is 1. The van der Waals surface area contributed by atoms with Gasteiger partial charge in [-0.25, -0.2) is 4.79 Å². The number of urea groups is 1. The summed E-state index contributed by atoms with van der Waals surface area (Å²) in [5, 5.41) is 8.10. The fourth-order valence-corrected chi connectivity index (χ4v) is 2.19. The van der Waals surface area contributed by atoms with Crippen LogP contribution in [0.25, 0.3) is 0 Å². The molecule has 7 heteroatoms. The summed E-state index contributed by atoms with van der Waals surface area (Å²) < 4.78 is 0. The molecule has 1 aliphatic heterocycles. The fraction of sp³-hybridized carbons (Fsp3) is 0.692. The molecule has 1 heterocycles. The van der Waals surface area contributed by atoms with Gasteiger partial charge in [-0.2, -0.15) is 0 Å². The van der Waals surface area contributed by atoms with Gasteiger partial charge in [-0.05, 0) is 33.4 Å². The van der Waals surface area contributed by atoms with Crippen molar-refractivity contribution in [3.63, 3.8) is 0 Å². The Morgan fingerprint density at radius 3 is 2.80 bits per heavy atom. The van der Waals surface area contributed by atoms with Crippen molar-refractivity contribution in [3.05, 3.63) is 12.7 Å². The summed E-state index contributed by atoms with van der Waals surface area (Å²) in [6.45, 7) is 7.39. The van der Waals surface area contributed by atoms with E-state index in [4.69, 9.17) is 0 Å². The minimum absolute atomic E-state index is 0. The lowest BCUT2D eigenvalue weighted by Crippen LogP contribution is -2.54. The van der Waals surface area contributed by atoms with E-state index in [1.54, 1.807) is 6.08 Å². The van der Waals surface area contributed by atoms with Crippen molar-refractivity contribution >= 4 is 24.3 Å². The van der Waals surface area contributed by atoms with Crippen LogP contribution in [0.15, 0.2) is 12.7 Å². The molecule has 3 N–H and O–H groups in total. The van der Waals surface area contributed by atoms with Crippen LogP contribution in [0, 0.1) is 0 Å². The first-order chi connectivity index (χ1) is 9.08. The van der Waals surface area contributed by atoms with E-state index in [1.165, 1.54) is 0 Å². The predicted molar refractivity (Wildman–Crippen MR) is 82.1 cm³/mol. The molecule has 2 unspecified atom stereocenters. The largest absolute Gasteiger partial charge is 0.334 e. The minimum atomic E-state index is -0.473. The molecule has 116 valence electrons. The van der Waals surface area contributed by atoms with Crippen molar-refractivity contribution in [2.45, 2.75) is 31.8 Å². The van der Waals surface area contributed by atoms with Crippen LogP contribution in [-0.4, -0.2) is 55.6 Å². The molecule has 6 nitrogen and oxygen atoms in total. The van der Waals surface area contributed by atoms with E-state index in [0.29, 0.717) is 12.6 Å². The van der Waals surface area contributed by atoms with Crippen molar-refractivity contribution in [3.8, 4) is 0 Å². The van der Waals surface area contributed by atoms with E-state index in [2.05, 4.69) is 27.4 Å². The van der Waals surface area contributed by atoms with Gasteiger partial charge in [0.15, 0.2) is 0 Å². The third kappa shape index (κ3) is 5.90. The lowest BCUT2D eigenvalue weighted by Gasteiger charge is -2.35. The Hall–Kier alpha value is -1.11. The Morgan fingerprint density at radius 1 is 1.50 bits per heavy atom. The molecule has 20 heavy (non-hydrogen) atoms. The summed E-state index contributed by atoms with van der Waals surface area (Å²) in [4.78, 5) is 25.4. The van der Waals surface area contributed by atoms with Gasteiger partial charge in [0.05, 0.1) is 6.04 Å². The minimum Gasteiger partial charge on any atom is -0.334 e. The molecule has 0 aliphatic carbocycles. The normalized spacial score (nSPS) is 20.4. The monoisotopic (exact) mass is 304 g/mol. The highest BCUT2D eigenvalue weighted by atomic mass is 35.5. The fourth-order valence-electron chi connectivity index (χ4n) is 2.19. The number of nitrogens with zero attached hydrogens (tertiary/aromatic N) is 1. The number of nitrogens with one attached hydrogen (secondary N) is 3. The molecule has 0 spiro atoms. The van der Waals surface area contributed by atoms with Crippen LogP contribution in [0.3, 0.4) is 0 Å². The maximum Gasteiger partial charge on any atom is 0.321 e. The number of likely N-dealkylation sites (N-methyl/N-ethyl adjacent to an activating group) is 1. The standard InChI is InChI=1S/C13H24N4O2.ClH/c1-4-7-15-13(19)16-12(18)10(2)17-8-5-6-11(9-17)14-3;/h4,10-11,14H,1,5-9H2,2-3H3,(H2,15,16,18,19);1H. The van der Waals surface area contributed by atoms with E-state index in [1.807, 2.05) is 14.0 Å². The van der Waals surface area contributed by atoms with Gasteiger partial charge >= 0.3 is 6.03 Å². The van der Waals surface area contributed by atoms with Gasteiger partial charge in [-0.3, -0.25) is 15.0 Å². The van der Waals surface area contributed by atoms with E-state index in [9.17, 15) is 9.59 Å². The highest BCUT2D eigenvalue weighted by Crippen LogP contribution is 2.12. The Bertz CT molecular complexity index is 338. The van der Waals surface area contributed by atoms with Gasteiger partial charge in [0.2, 0.25) is 5.91 Å². The van der Waals surface area contributed by atoms with Gasteiger partial charge in [-0.15, -0.1) is 19.0 Å². The van der Waals surface area contributed by atoms with Crippen molar-refractivity contribution in [1.29, 1.82) is 0 Å². The summed E-state index contributed by atoms with van der Waals surface area (Å²) in [6, 6.07) is -0.358. The first-order valence-corrected chi connectivity index (χ1v) is 6.69. The van der Waals surface area contributed by atoms with Crippen LogP contribution >= 0.6 is 12.4 Å². The van der Waals surface area contributed by atoms with Crippen molar-refractivity contribution < 1.29 is 9.59 Å². The second-order valence-electron chi connectivity index (χ2n) is 4.79. The van der Waals surface area contributed by atoms with Crippen LogP contribution < -0.4 is 16.0 Å². The maximum absolute atomic E-state index is 12.0. The second-order valence-corrected chi connectivity index (χ2v) is 4.79. The molecule has 1 rings (SSSR count). The van der Waals surface area contributed by atoms with Gasteiger partial charge in [0, 0.05) is 19.1 Å². The average Bonchev–Trinajstić information content (AvgIpc) is 2.44. The van der Waals surface area contributed by atoms with Crippen LogP contribution in [0.4, 0.5) is 4.79 Å². The molecule has 1 saturated heterocycles. The summed E-state index contributed by atoms with van der Waals surface area (Å²) >= 11 is 0. The topological polar surface area (TPSA) is 73.5 Å². The SMILES string of the molecule is C=CCNC(=O)NC(=O)C(C)N1CCCC(NC)C1.Cl. The molecule has 0 aromatic carbocycles. The molecule has 0 aromatic rings. The predicted octanol–water partition coefficient (Wildman–Crippen LogP) is 0.492. The number of hydrogen-bond donors (Lipinski definition) is 3. The Morgan fingerprint density at radius 2 is 2.20 bits per heavy atom. The Labute approximate surface area is 126 Å². The quantitative estimate of drug-likeness (QED) is 0.647. The number of rotatable bonds is 5. The summed E-state index contributed by atoms with van der Waals surface area (Å²) in [5.41, 5.74) is 0. The van der Waals surface area contributed by atoms with E-state index in [-0.39, 0.29) is 24.4 Å². The number of imide groups is 1. The molecule has 1 aliphatic rings. The molecular formula is C13H25ClN4O2. The molecule has 1 fully saturated rings. The first-order valence-electron chi connectivity index (χ1n) is 6.69. The third-order valence-electron chi connectivity index (χ3n) is 3.43. The molecule has 0 radical (unpaired) electrons. The summed E-state index contributed by atoms with van der Waals surface area (Å²) in [7, 11) is 1.93. The molecular weight excluding hydrogens is 280 g/mol. The Balaban J connectivity index is 0.00000361. The van der Waals surface area contributed by atoms with Gasteiger partial charge < -0.3 is 10.6 Å². The van der Waals surface area contributed by atoms with Crippen LogP contribution in [-0.2, 0) is 4.79 Å². The van der Waals surface area contributed by atoms with Crippen molar-refractivity contribution in [2.75, 3.05) is 26.7 Å². The van der Waals surface area contributed by atoms with Gasteiger partial charge in [-0.1, -0.05) is 6.08 Å². The number of carbonyl (C=O) groups excluding carboxylic acids is 2. The number of amides is 3. The maximum atomic E-state index is 12.0. The van der Waals surface area contributed by atoms with Crippen molar-refractivity contribution in [1.82, 2.24) is 20.9 Å². The first kappa shape index (κ1) is 18.9. The third-order valence-corrected chi connectivity index (χ3v) is 3.43. The molecule has 2 atom stereocenters. The average molecular weight is 305 g/mol. The number of halogens is 1. The van der Waals surface area contributed by atoms with Crippen LogP contribution in [0.2, 0.25) is 0 Å². The molecule has 0 bridgehead atoms. The summed E-state index contributed by atoms with van der Waals surface area (Å²) in [6.07, 6.45) is 3.75. The number of carbonyl (C=O) groups is 2. The number of piperidine rings is 1. The molecule has 0 saturated carbocycles. The lowest BCUT2D eigenvalue weighted by atomic mass is 10.0. The highest BCUT2D eigenvalue weighted by molar-refractivity contribution is 5.96. The zero-order valence-corrected chi connectivity index (χ0v) is 13.0. The van der Waals surface area contributed by atoms with Crippen LogP contribution in [0.1, 0.15) is 19.8 Å². The van der Waals surface area contributed by atoms with Gasteiger partial charge in [0.25, 0.3) is 0 Å². The van der Waals surface area contributed by atoms with E-state index < -0.39 is 6.03 Å². The second kappa shape index (κ2) is 9.74. The van der Waals surface area contributed by atoms with E-state index in [0.717, 1.165) is 25.9 Å². The molecule has 3 amide bonds. The molecule has 0 aromatic heterocycles. The zero-order valence-electron chi connectivity index (χ0n) is 12.1. The number of hydrogen-bond acceptors (Lipinski definition) is 4. The lowest BCUT2D eigenvalue weighted by molar-refractivity contribution is -0.125. The van der Waals surface area contributed by atoms with Gasteiger partial charge in [0.1, 0.15) is 0 Å².